The highest BCUT2D eigenvalue weighted by atomic mass is 16.1. The molecule has 1 aliphatic rings. The summed E-state index contributed by atoms with van der Waals surface area (Å²) in [6.45, 7) is 6.69. The number of anilines is 1. The summed E-state index contributed by atoms with van der Waals surface area (Å²) in [7, 11) is 0. The Kier molecular flexibility index (Phi) is 6.65. The molecule has 2 aromatic rings. The molecule has 0 radical (unpaired) electrons. The number of amides is 1. The average Bonchev–Trinajstić information content (AvgIpc) is 2.74. The summed E-state index contributed by atoms with van der Waals surface area (Å²) in [5.41, 5.74) is 3.17. The normalized spacial score (nSPS) is 14.7. The van der Waals surface area contributed by atoms with Gasteiger partial charge in [-0.2, -0.15) is 5.26 Å². The van der Waals surface area contributed by atoms with Crippen LogP contribution in [0.5, 0.6) is 0 Å². The van der Waals surface area contributed by atoms with E-state index < -0.39 is 0 Å². The van der Waals surface area contributed by atoms with Gasteiger partial charge in [-0.05, 0) is 48.4 Å². The first-order valence-corrected chi connectivity index (χ1v) is 10.0. The minimum Gasteiger partial charge on any atom is -0.357 e. The van der Waals surface area contributed by atoms with Crippen molar-refractivity contribution in [2.45, 2.75) is 39.0 Å². The number of pyridine rings is 1. The molecule has 1 amide bonds. The van der Waals surface area contributed by atoms with Gasteiger partial charge in [0.05, 0.1) is 5.56 Å². The van der Waals surface area contributed by atoms with E-state index >= 15 is 0 Å². The van der Waals surface area contributed by atoms with Crippen molar-refractivity contribution in [1.82, 2.24) is 10.3 Å². The lowest BCUT2D eigenvalue weighted by molar-refractivity contribution is -0.125. The van der Waals surface area contributed by atoms with E-state index in [1.807, 2.05) is 6.07 Å². The molecule has 1 fully saturated rings. The summed E-state index contributed by atoms with van der Waals surface area (Å²) < 4.78 is 0. The second kappa shape index (κ2) is 9.36. The molecule has 1 aromatic carbocycles. The van der Waals surface area contributed by atoms with Crippen LogP contribution in [-0.4, -0.2) is 30.5 Å². The third-order valence-electron chi connectivity index (χ3n) is 5.43. The topological polar surface area (TPSA) is 69.0 Å². The van der Waals surface area contributed by atoms with Crippen LogP contribution in [0.2, 0.25) is 0 Å². The van der Waals surface area contributed by atoms with Gasteiger partial charge in [-0.15, -0.1) is 0 Å². The molecule has 1 aliphatic heterocycles. The number of hydrogen-bond donors (Lipinski definition) is 1. The van der Waals surface area contributed by atoms with E-state index in [1.165, 1.54) is 11.1 Å². The average molecular weight is 377 g/mol. The summed E-state index contributed by atoms with van der Waals surface area (Å²) in [6.07, 6.45) is 4.12. The van der Waals surface area contributed by atoms with Crippen LogP contribution < -0.4 is 10.2 Å². The van der Waals surface area contributed by atoms with Gasteiger partial charge in [0.1, 0.15) is 11.9 Å². The number of aromatic nitrogens is 1. The molecule has 0 aliphatic carbocycles. The first-order valence-electron chi connectivity index (χ1n) is 10.0. The number of nitrogens with one attached hydrogen (secondary N) is 1. The number of nitriles is 1. The van der Waals surface area contributed by atoms with Gasteiger partial charge in [-0.1, -0.05) is 38.1 Å². The van der Waals surface area contributed by atoms with Gasteiger partial charge in [0.2, 0.25) is 5.91 Å². The number of rotatable bonds is 6. The lowest BCUT2D eigenvalue weighted by Crippen LogP contribution is -2.41. The van der Waals surface area contributed by atoms with Crippen molar-refractivity contribution in [2.24, 2.45) is 5.92 Å². The van der Waals surface area contributed by atoms with Gasteiger partial charge in [0, 0.05) is 31.7 Å². The van der Waals surface area contributed by atoms with E-state index in [2.05, 4.69) is 59.4 Å². The zero-order valence-corrected chi connectivity index (χ0v) is 16.7. The van der Waals surface area contributed by atoms with E-state index in [0.717, 1.165) is 38.2 Å². The summed E-state index contributed by atoms with van der Waals surface area (Å²) in [5.74, 6) is 1.64. The Morgan fingerprint density at radius 1 is 1.21 bits per heavy atom. The Balaban J connectivity index is 1.41. The number of carbonyl (C=O) groups is 1. The maximum atomic E-state index is 12.5. The predicted octanol–water partition coefficient (Wildman–Crippen LogP) is 3.65. The van der Waals surface area contributed by atoms with E-state index in [4.69, 9.17) is 5.26 Å². The molecule has 0 spiro atoms. The summed E-state index contributed by atoms with van der Waals surface area (Å²) in [4.78, 5) is 19.0. The zero-order chi connectivity index (χ0) is 19.9. The molecule has 1 saturated heterocycles. The zero-order valence-electron chi connectivity index (χ0n) is 16.7. The van der Waals surface area contributed by atoms with Gasteiger partial charge in [0.15, 0.2) is 0 Å². The highest BCUT2D eigenvalue weighted by molar-refractivity contribution is 5.79. The molecular formula is C23H28N4O. The Bertz CT molecular complexity index is 813. The van der Waals surface area contributed by atoms with Crippen LogP contribution in [0.3, 0.4) is 0 Å². The van der Waals surface area contributed by atoms with Gasteiger partial charge in [-0.25, -0.2) is 4.98 Å². The van der Waals surface area contributed by atoms with Crippen LogP contribution in [0, 0.1) is 17.2 Å². The van der Waals surface area contributed by atoms with Crippen LogP contribution in [-0.2, 0) is 11.2 Å². The molecule has 1 aromatic heterocycles. The van der Waals surface area contributed by atoms with Crippen LogP contribution in [0.1, 0.15) is 49.3 Å². The molecule has 0 unspecified atom stereocenters. The molecule has 28 heavy (non-hydrogen) atoms. The number of piperidine rings is 1. The number of nitrogens with zero attached hydrogens (tertiary/aromatic N) is 3. The summed E-state index contributed by atoms with van der Waals surface area (Å²) in [6, 6.07) is 14.4. The Labute approximate surface area is 167 Å². The minimum atomic E-state index is 0.0675. The quantitative estimate of drug-likeness (QED) is 0.835. The molecule has 5 heteroatoms. The second-order valence-electron chi connectivity index (χ2n) is 7.72. The summed E-state index contributed by atoms with van der Waals surface area (Å²) >= 11 is 0. The van der Waals surface area contributed by atoms with E-state index in [1.54, 1.807) is 12.3 Å². The molecule has 1 N–H and O–H groups in total. The molecular weight excluding hydrogens is 348 g/mol. The third-order valence-corrected chi connectivity index (χ3v) is 5.43. The fourth-order valence-corrected chi connectivity index (χ4v) is 3.55. The second-order valence-corrected chi connectivity index (χ2v) is 7.72. The minimum absolute atomic E-state index is 0.0675. The highest BCUT2D eigenvalue weighted by Gasteiger charge is 2.25. The van der Waals surface area contributed by atoms with Crippen molar-refractivity contribution >= 4 is 11.7 Å². The lowest BCUT2D eigenvalue weighted by Gasteiger charge is -2.32. The van der Waals surface area contributed by atoms with Crippen LogP contribution >= 0.6 is 0 Å². The summed E-state index contributed by atoms with van der Waals surface area (Å²) in [5, 5.41) is 12.0. The van der Waals surface area contributed by atoms with Crippen molar-refractivity contribution in [1.29, 1.82) is 5.26 Å². The predicted molar refractivity (Wildman–Crippen MR) is 111 cm³/mol. The molecule has 2 heterocycles. The smallest absolute Gasteiger partial charge is 0.223 e. The Morgan fingerprint density at radius 3 is 2.50 bits per heavy atom. The molecule has 0 saturated carbocycles. The van der Waals surface area contributed by atoms with Gasteiger partial charge < -0.3 is 10.2 Å². The van der Waals surface area contributed by atoms with Crippen molar-refractivity contribution in [3.63, 3.8) is 0 Å². The monoisotopic (exact) mass is 376 g/mol. The molecule has 146 valence electrons. The van der Waals surface area contributed by atoms with Gasteiger partial charge in [-0.3, -0.25) is 4.79 Å². The fourth-order valence-electron chi connectivity index (χ4n) is 3.55. The Hall–Kier alpha value is -2.87. The first kappa shape index (κ1) is 19.9. The fraction of sp³-hybridized carbons (Fsp3) is 0.435. The largest absolute Gasteiger partial charge is 0.357 e. The molecule has 3 rings (SSSR count). The number of carbonyl (C=O) groups excluding carboxylic acids is 1. The first-order chi connectivity index (χ1) is 13.6. The molecule has 0 bridgehead atoms. The van der Waals surface area contributed by atoms with E-state index in [0.29, 0.717) is 18.0 Å². The van der Waals surface area contributed by atoms with Crippen LogP contribution in [0.4, 0.5) is 5.82 Å². The maximum Gasteiger partial charge on any atom is 0.223 e. The van der Waals surface area contributed by atoms with Crippen molar-refractivity contribution in [3.8, 4) is 6.07 Å². The SMILES string of the molecule is CC(C)c1ccc(CCNC(=O)C2CCN(c3ccc(C#N)cn3)CC2)cc1. The van der Waals surface area contributed by atoms with Gasteiger partial charge in [0.25, 0.3) is 0 Å². The van der Waals surface area contributed by atoms with Crippen molar-refractivity contribution in [3.05, 3.63) is 59.3 Å². The van der Waals surface area contributed by atoms with Crippen LogP contribution in [0.15, 0.2) is 42.6 Å². The van der Waals surface area contributed by atoms with E-state index in [-0.39, 0.29) is 11.8 Å². The number of benzene rings is 1. The highest BCUT2D eigenvalue weighted by Crippen LogP contribution is 2.22. The van der Waals surface area contributed by atoms with E-state index in [9.17, 15) is 4.79 Å². The third kappa shape index (κ3) is 5.10. The lowest BCUT2D eigenvalue weighted by atomic mass is 9.95. The standard InChI is InChI=1S/C23H28N4O/c1-17(2)20-6-3-18(4-7-20)9-12-25-23(28)21-10-13-27(14-11-21)22-8-5-19(15-24)16-26-22/h3-8,16-17,21H,9-14H2,1-2H3,(H,25,28). The van der Waals surface area contributed by atoms with Crippen molar-refractivity contribution < 1.29 is 4.79 Å². The van der Waals surface area contributed by atoms with Crippen molar-refractivity contribution in [2.75, 3.05) is 24.5 Å². The molecule has 5 nitrogen and oxygen atoms in total. The van der Waals surface area contributed by atoms with Gasteiger partial charge >= 0.3 is 0 Å². The Morgan fingerprint density at radius 2 is 1.93 bits per heavy atom. The molecule has 0 atom stereocenters. The number of hydrogen-bond acceptors (Lipinski definition) is 4. The maximum absolute atomic E-state index is 12.5. The van der Waals surface area contributed by atoms with Crippen LogP contribution in [0.25, 0.3) is 0 Å².